The van der Waals surface area contributed by atoms with E-state index in [4.69, 9.17) is 0 Å². The summed E-state index contributed by atoms with van der Waals surface area (Å²) in [6.45, 7) is 5.30. The van der Waals surface area contributed by atoms with Gasteiger partial charge in [0.25, 0.3) is 0 Å². The van der Waals surface area contributed by atoms with Crippen molar-refractivity contribution in [2.24, 2.45) is 5.92 Å². The Morgan fingerprint density at radius 3 is 2.00 bits per heavy atom. The number of hydrogen-bond donors (Lipinski definition) is 0. The highest BCUT2D eigenvalue weighted by molar-refractivity contribution is 7.89. The summed E-state index contributed by atoms with van der Waals surface area (Å²) < 4.78 is 27.1. The zero-order valence-electron chi connectivity index (χ0n) is 16.8. The van der Waals surface area contributed by atoms with Gasteiger partial charge in [0.15, 0.2) is 0 Å². The summed E-state index contributed by atoms with van der Waals surface area (Å²) >= 11 is 0. The first-order valence-electron chi connectivity index (χ1n) is 9.65. The van der Waals surface area contributed by atoms with Gasteiger partial charge < -0.3 is 4.90 Å². The Labute approximate surface area is 168 Å². The van der Waals surface area contributed by atoms with Gasteiger partial charge in [-0.15, -0.1) is 0 Å². The first-order valence-corrected chi connectivity index (χ1v) is 11.1. The minimum atomic E-state index is -3.49. The lowest BCUT2D eigenvalue weighted by Crippen LogP contribution is -2.43. The van der Waals surface area contributed by atoms with E-state index in [1.54, 1.807) is 17.0 Å². The van der Waals surface area contributed by atoms with Crippen molar-refractivity contribution in [3.05, 3.63) is 65.2 Å². The topological polar surface area (TPSA) is 57.7 Å². The van der Waals surface area contributed by atoms with Crippen LogP contribution in [0.3, 0.4) is 0 Å². The van der Waals surface area contributed by atoms with E-state index in [1.165, 1.54) is 9.87 Å². The lowest BCUT2D eigenvalue weighted by atomic mass is 9.96. The van der Waals surface area contributed by atoms with Crippen molar-refractivity contribution in [1.82, 2.24) is 9.21 Å². The lowest BCUT2D eigenvalue weighted by molar-refractivity contribution is -0.135. The standard InChI is InChI=1S/C22H28N2O3S/c1-17-4-8-19(9-5-17)16-23(3)22(25)20-12-14-24(15-13-20)28(26,27)21-10-6-18(2)7-11-21/h4-11,20H,12-16H2,1-3H3. The molecular formula is C22H28N2O3S. The number of nitrogens with zero attached hydrogens (tertiary/aromatic N) is 2. The second kappa shape index (κ2) is 8.45. The molecule has 1 heterocycles. The van der Waals surface area contributed by atoms with Gasteiger partial charge >= 0.3 is 0 Å². The number of carbonyl (C=O) groups excluding carboxylic acids is 1. The van der Waals surface area contributed by atoms with Crippen molar-refractivity contribution in [3.63, 3.8) is 0 Å². The van der Waals surface area contributed by atoms with Crippen LogP contribution in [0.25, 0.3) is 0 Å². The summed E-state index contributed by atoms with van der Waals surface area (Å²) in [5, 5.41) is 0. The molecule has 0 radical (unpaired) electrons. The summed E-state index contributed by atoms with van der Waals surface area (Å²) in [5.74, 6) is -0.0344. The molecule has 1 aliphatic heterocycles. The third-order valence-electron chi connectivity index (χ3n) is 5.38. The third kappa shape index (κ3) is 4.62. The van der Waals surface area contributed by atoms with E-state index in [-0.39, 0.29) is 11.8 Å². The van der Waals surface area contributed by atoms with Crippen LogP contribution in [0.15, 0.2) is 53.4 Å². The van der Waals surface area contributed by atoms with E-state index in [1.807, 2.05) is 57.3 Å². The molecule has 0 spiro atoms. The van der Waals surface area contributed by atoms with Crippen LogP contribution in [0, 0.1) is 19.8 Å². The molecule has 0 saturated carbocycles. The minimum absolute atomic E-state index is 0.0907. The predicted molar refractivity (Wildman–Crippen MR) is 110 cm³/mol. The highest BCUT2D eigenvalue weighted by atomic mass is 32.2. The molecular weight excluding hydrogens is 372 g/mol. The van der Waals surface area contributed by atoms with Crippen LogP contribution in [0.2, 0.25) is 0 Å². The van der Waals surface area contributed by atoms with Gasteiger partial charge in [0.2, 0.25) is 15.9 Å². The predicted octanol–water partition coefficient (Wildman–Crippen LogP) is 3.36. The molecule has 0 atom stereocenters. The first kappa shape index (κ1) is 20.6. The summed E-state index contributed by atoms with van der Waals surface area (Å²) in [6.07, 6.45) is 1.12. The fourth-order valence-corrected chi connectivity index (χ4v) is 5.03. The maximum Gasteiger partial charge on any atom is 0.243 e. The molecule has 0 bridgehead atoms. The molecule has 1 aliphatic rings. The summed E-state index contributed by atoms with van der Waals surface area (Å²) in [7, 11) is -1.68. The largest absolute Gasteiger partial charge is 0.341 e. The van der Waals surface area contributed by atoms with Crippen LogP contribution in [0.1, 0.15) is 29.5 Å². The van der Waals surface area contributed by atoms with Crippen LogP contribution >= 0.6 is 0 Å². The molecule has 3 rings (SSSR count). The zero-order chi connectivity index (χ0) is 20.3. The average molecular weight is 401 g/mol. The van der Waals surface area contributed by atoms with E-state index >= 15 is 0 Å². The number of carbonyl (C=O) groups is 1. The quantitative estimate of drug-likeness (QED) is 0.773. The number of sulfonamides is 1. The normalized spacial score (nSPS) is 16.1. The Balaban J connectivity index is 1.58. The van der Waals surface area contributed by atoms with Crippen molar-refractivity contribution in [1.29, 1.82) is 0 Å². The number of hydrogen-bond acceptors (Lipinski definition) is 3. The van der Waals surface area contributed by atoms with Crippen LogP contribution in [0.5, 0.6) is 0 Å². The summed E-state index contributed by atoms with van der Waals surface area (Å²) in [4.78, 5) is 14.9. The Hall–Kier alpha value is -2.18. The third-order valence-corrected chi connectivity index (χ3v) is 7.29. The van der Waals surface area contributed by atoms with Gasteiger partial charge in [-0.1, -0.05) is 47.5 Å². The van der Waals surface area contributed by atoms with Crippen LogP contribution in [-0.4, -0.2) is 43.7 Å². The second-order valence-electron chi connectivity index (χ2n) is 7.67. The summed E-state index contributed by atoms with van der Waals surface area (Å²) in [6, 6.07) is 15.1. The van der Waals surface area contributed by atoms with Crippen LogP contribution in [-0.2, 0) is 21.4 Å². The van der Waals surface area contributed by atoms with Crippen LogP contribution in [0.4, 0.5) is 0 Å². The highest BCUT2D eigenvalue weighted by Crippen LogP contribution is 2.25. The van der Waals surface area contributed by atoms with E-state index in [9.17, 15) is 13.2 Å². The van der Waals surface area contributed by atoms with Gasteiger partial charge in [0, 0.05) is 32.6 Å². The van der Waals surface area contributed by atoms with Gasteiger partial charge in [0.05, 0.1) is 4.90 Å². The number of piperidine rings is 1. The maximum atomic E-state index is 12.8. The fourth-order valence-electron chi connectivity index (χ4n) is 3.56. The van der Waals surface area contributed by atoms with Crippen molar-refractivity contribution in [3.8, 4) is 0 Å². The first-order chi connectivity index (χ1) is 13.3. The molecule has 1 amide bonds. The molecule has 1 fully saturated rings. The van der Waals surface area contributed by atoms with Gasteiger partial charge in [-0.25, -0.2) is 8.42 Å². The highest BCUT2D eigenvalue weighted by Gasteiger charge is 2.33. The minimum Gasteiger partial charge on any atom is -0.341 e. The zero-order valence-corrected chi connectivity index (χ0v) is 17.6. The SMILES string of the molecule is Cc1ccc(CN(C)C(=O)C2CCN(S(=O)(=O)c3ccc(C)cc3)CC2)cc1. The average Bonchev–Trinajstić information content (AvgIpc) is 2.69. The van der Waals surface area contributed by atoms with Crippen molar-refractivity contribution < 1.29 is 13.2 Å². The molecule has 0 aliphatic carbocycles. The molecule has 0 unspecified atom stereocenters. The number of benzene rings is 2. The van der Waals surface area contributed by atoms with E-state index in [2.05, 4.69) is 0 Å². The Bertz CT molecular complexity index is 913. The van der Waals surface area contributed by atoms with E-state index < -0.39 is 10.0 Å². The molecule has 6 heteroatoms. The maximum absolute atomic E-state index is 12.8. The van der Waals surface area contributed by atoms with Gasteiger partial charge in [-0.3, -0.25) is 4.79 Å². The Morgan fingerprint density at radius 2 is 1.46 bits per heavy atom. The smallest absolute Gasteiger partial charge is 0.243 e. The molecule has 0 N–H and O–H groups in total. The number of amides is 1. The lowest BCUT2D eigenvalue weighted by Gasteiger charge is -2.32. The molecule has 5 nitrogen and oxygen atoms in total. The fraction of sp³-hybridized carbons (Fsp3) is 0.409. The van der Waals surface area contributed by atoms with Crippen molar-refractivity contribution in [2.75, 3.05) is 20.1 Å². The summed E-state index contributed by atoms with van der Waals surface area (Å²) in [5.41, 5.74) is 3.32. The van der Waals surface area contributed by atoms with E-state index in [0.29, 0.717) is 37.4 Å². The van der Waals surface area contributed by atoms with Crippen molar-refractivity contribution in [2.45, 2.75) is 38.1 Å². The monoisotopic (exact) mass is 400 g/mol. The molecule has 2 aromatic rings. The molecule has 2 aromatic carbocycles. The number of rotatable bonds is 5. The van der Waals surface area contributed by atoms with Crippen LogP contribution < -0.4 is 0 Å². The van der Waals surface area contributed by atoms with Gasteiger partial charge in [-0.2, -0.15) is 4.31 Å². The van der Waals surface area contributed by atoms with Crippen molar-refractivity contribution >= 4 is 15.9 Å². The Kier molecular flexibility index (Phi) is 6.20. The van der Waals surface area contributed by atoms with Gasteiger partial charge in [0.1, 0.15) is 0 Å². The molecule has 0 aromatic heterocycles. The van der Waals surface area contributed by atoms with Gasteiger partial charge in [-0.05, 0) is 44.4 Å². The van der Waals surface area contributed by atoms with E-state index in [0.717, 1.165) is 11.1 Å². The molecule has 150 valence electrons. The number of aryl methyl sites for hydroxylation is 2. The molecule has 1 saturated heterocycles. The molecule has 28 heavy (non-hydrogen) atoms. The second-order valence-corrected chi connectivity index (χ2v) is 9.61. The Morgan fingerprint density at radius 1 is 0.964 bits per heavy atom.